The fourth-order valence-corrected chi connectivity index (χ4v) is 2.63. The van der Waals surface area contributed by atoms with Crippen LogP contribution in [-0.4, -0.2) is 32.3 Å². The molecule has 7 nitrogen and oxygen atoms in total. The Kier molecular flexibility index (Phi) is 3.89. The van der Waals surface area contributed by atoms with Crippen molar-refractivity contribution in [2.75, 3.05) is 6.54 Å². The summed E-state index contributed by atoms with van der Waals surface area (Å²) < 4.78 is 2.17. The molecule has 2 aromatic rings. The highest BCUT2D eigenvalue weighted by Crippen LogP contribution is 2.17. The van der Waals surface area contributed by atoms with Gasteiger partial charge in [-0.1, -0.05) is 0 Å². The second kappa shape index (κ2) is 5.99. The first-order chi connectivity index (χ1) is 10.2. The Labute approximate surface area is 123 Å². The number of amides is 2. The molecule has 21 heavy (non-hydrogen) atoms. The number of hydrogen-bond donors (Lipinski definition) is 3. The Hall–Kier alpha value is -2.31. The van der Waals surface area contributed by atoms with Gasteiger partial charge in [0.25, 0.3) is 0 Å². The van der Waals surface area contributed by atoms with Gasteiger partial charge in [0.05, 0.1) is 6.20 Å². The molecule has 0 saturated carbocycles. The standard InChI is InChI=1S/C14H20N6O/c1-10-12(8-18-19-10)7-17-14(21)16-6-11-2-3-13-15-4-5-20(13)9-11/h4-5,8,11H,2-3,6-7,9H2,1H3,(H,18,19)(H2,16,17,21). The summed E-state index contributed by atoms with van der Waals surface area (Å²) in [4.78, 5) is 16.1. The number of aromatic amines is 1. The topological polar surface area (TPSA) is 87.6 Å². The molecule has 0 spiro atoms. The van der Waals surface area contributed by atoms with Crippen molar-refractivity contribution in [3.63, 3.8) is 0 Å². The summed E-state index contributed by atoms with van der Waals surface area (Å²) in [6.45, 7) is 4.04. The second-order valence-electron chi connectivity index (χ2n) is 5.48. The predicted molar refractivity (Wildman–Crippen MR) is 77.6 cm³/mol. The van der Waals surface area contributed by atoms with Crippen LogP contribution in [-0.2, 0) is 19.5 Å². The van der Waals surface area contributed by atoms with Gasteiger partial charge in [0.2, 0.25) is 0 Å². The van der Waals surface area contributed by atoms with Crippen LogP contribution in [0.2, 0.25) is 0 Å². The van der Waals surface area contributed by atoms with Crippen molar-refractivity contribution in [3.8, 4) is 0 Å². The second-order valence-corrected chi connectivity index (χ2v) is 5.48. The van der Waals surface area contributed by atoms with Crippen molar-refractivity contribution >= 4 is 6.03 Å². The van der Waals surface area contributed by atoms with E-state index < -0.39 is 0 Å². The van der Waals surface area contributed by atoms with Gasteiger partial charge in [0.15, 0.2) is 0 Å². The number of carbonyl (C=O) groups is 1. The number of carbonyl (C=O) groups excluding carboxylic acids is 1. The Balaban J connectivity index is 1.41. The van der Waals surface area contributed by atoms with E-state index >= 15 is 0 Å². The van der Waals surface area contributed by atoms with Crippen LogP contribution in [0.1, 0.15) is 23.5 Å². The molecule has 3 rings (SSSR count). The van der Waals surface area contributed by atoms with E-state index in [2.05, 4.69) is 30.4 Å². The molecule has 3 N–H and O–H groups in total. The molecule has 0 fully saturated rings. The predicted octanol–water partition coefficient (Wildman–Crippen LogP) is 0.976. The maximum absolute atomic E-state index is 11.8. The number of rotatable bonds is 4. The number of nitrogens with one attached hydrogen (secondary N) is 3. The first-order valence-electron chi connectivity index (χ1n) is 7.23. The molecule has 1 atom stereocenters. The minimum Gasteiger partial charge on any atom is -0.338 e. The Morgan fingerprint density at radius 2 is 2.43 bits per heavy atom. The van der Waals surface area contributed by atoms with E-state index in [9.17, 15) is 4.79 Å². The van der Waals surface area contributed by atoms with Gasteiger partial charge in [0.1, 0.15) is 5.82 Å². The summed E-state index contributed by atoms with van der Waals surface area (Å²) in [5.41, 5.74) is 1.99. The SMILES string of the molecule is Cc1[nH]ncc1CNC(=O)NCC1CCc2nccn2C1. The lowest BCUT2D eigenvalue weighted by atomic mass is 9.99. The third kappa shape index (κ3) is 3.24. The average molecular weight is 288 g/mol. The molecule has 3 heterocycles. The van der Waals surface area contributed by atoms with Gasteiger partial charge in [-0.2, -0.15) is 5.10 Å². The maximum Gasteiger partial charge on any atom is 0.315 e. The van der Waals surface area contributed by atoms with Crippen LogP contribution in [0.5, 0.6) is 0 Å². The Morgan fingerprint density at radius 3 is 3.24 bits per heavy atom. The molecular formula is C14H20N6O. The zero-order valence-electron chi connectivity index (χ0n) is 12.1. The first-order valence-corrected chi connectivity index (χ1v) is 7.23. The summed E-state index contributed by atoms with van der Waals surface area (Å²) in [5, 5.41) is 12.6. The number of aryl methyl sites for hydroxylation is 2. The van der Waals surface area contributed by atoms with Crippen LogP contribution < -0.4 is 10.6 Å². The van der Waals surface area contributed by atoms with Crippen LogP contribution in [0.15, 0.2) is 18.6 Å². The Morgan fingerprint density at radius 1 is 1.52 bits per heavy atom. The number of H-pyrrole nitrogens is 1. The summed E-state index contributed by atoms with van der Waals surface area (Å²) in [7, 11) is 0. The smallest absolute Gasteiger partial charge is 0.315 e. The number of nitrogens with zero attached hydrogens (tertiary/aromatic N) is 3. The zero-order chi connectivity index (χ0) is 14.7. The van der Waals surface area contributed by atoms with Crippen LogP contribution >= 0.6 is 0 Å². The lowest BCUT2D eigenvalue weighted by molar-refractivity contribution is 0.236. The van der Waals surface area contributed by atoms with E-state index in [1.807, 2.05) is 19.3 Å². The maximum atomic E-state index is 11.8. The number of fused-ring (bicyclic) bond motifs is 1. The molecular weight excluding hydrogens is 268 g/mol. The molecule has 1 unspecified atom stereocenters. The van der Waals surface area contributed by atoms with Gasteiger partial charge in [-0.05, 0) is 19.3 Å². The largest absolute Gasteiger partial charge is 0.338 e. The normalized spacial score (nSPS) is 17.3. The minimum absolute atomic E-state index is 0.132. The molecule has 0 aliphatic carbocycles. The third-order valence-electron chi connectivity index (χ3n) is 3.96. The quantitative estimate of drug-likeness (QED) is 0.783. The zero-order valence-corrected chi connectivity index (χ0v) is 12.1. The monoisotopic (exact) mass is 288 g/mol. The van der Waals surface area contributed by atoms with Crippen LogP contribution in [0, 0.1) is 12.8 Å². The van der Waals surface area contributed by atoms with Crippen molar-refractivity contribution in [1.82, 2.24) is 30.4 Å². The van der Waals surface area contributed by atoms with Gasteiger partial charge in [0, 0.05) is 49.7 Å². The van der Waals surface area contributed by atoms with E-state index in [1.54, 1.807) is 6.20 Å². The van der Waals surface area contributed by atoms with E-state index in [1.165, 1.54) is 0 Å². The van der Waals surface area contributed by atoms with E-state index in [0.717, 1.165) is 36.5 Å². The highest BCUT2D eigenvalue weighted by atomic mass is 16.2. The van der Waals surface area contributed by atoms with E-state index in [4.69, 9.17) is 0 Å². The number of hydrogen-bond acceptors (Lipinski definition) is 3. The highest BCUT2D eigenvalue weighted by molar-refractivity contribution is 5.73. The summed E-state index contributed by atoms with van der Waals surface area (Å²) in [6.07, 6.45) is 7.62. The van der Waals surface area contributed by atoms with Gasteiger partial charge in [-0.3, -0.25) is 5.10 Å². The first kappa shape index (κ1) is 13.7. The highest BCUT2D eigenvalue weighted by Gasteiger charge is 2.19. The van der Waals surface area contributed by atoms with Gasteiger partial charge in [-0.15, -0.1) is 0 Å². The molecule has 1 aliphatic heterocycles. The van der Waals surface area contributed by atoms with E-state index in [0.29, 0.717) is 19.0 Å². The number of urea groups is 1. The fraction of sp³-hybridized carbons (Fsp3) is 0.500. The number of imidazole rings is 1. The molecule has 0 saturated heterocycles. The number of aromatic nitrogens is 4. The van der Waals surface area contributed by atoms with Gasteiger partial charge in [-0.25, -0.2) is 9.78 Å². The van der Waals surface area contributed by atoms with E-state index in [-0.39, 0.29) is 6.03 Å². The van der Waals surface area contributed by atoms with Gasteiger partial charge >= 0.3 is 6.03 Å². The molecule has 2 aromatic heterocycles. The van der Waals surface area contributed by atoms with Crippen molar-refractivity contribution in [1.29, 1.82) is 0 Å². The lowest BCUT2D eigenvalue weighted by Gasteiger charge is -2.24. The minimum atomic E-state index is -0.132. The summed E-state index contributed by atoms with van der Waals surface area (Å²) >= 11 is 0. The summed E-state index contributed by atoms with van der Waals surface area (Å²) in [5.74, 6) is 1.61. The third-order valence-corrected chi connectivity index (χ3v) is 3.96. The fourth-order valence-electron chi connectivity index (χ4n) is 2.63. The van der Waals surface area contributed by atoms with Crippen molar-refractivity contribution in [3.05, 3.63) is 35.7 Å². The van der Waals surface area contributed by atoms with Crippen molar-refractivity contribution < 1.29 is 4.79 Å². The lowest BCUT2D eigenvalue weighted by Crippen LogP contribution is -2.39. The molecule has 112 valence electrons. The molecule has 0 aromatic carbocycles. The molecule has 0 radical (unpaired) electrons. The van der Waals surface area contributed by atoms with Crippen molar-refractivity contribution in [2.24, 2.45) is 5.92 Å². The van der Waals surface area contributed by atoms with Crippen LogP contribution in [0.25, 0.3) is 0 Å². The summed E-state index contributed by atoms with van der Waals surface area (Å²) in [6, 6.07) is -0.132. The van der Waals surface area contributed by atoms with Crippen LogP contribution in [0.3, 0.4) is 0 Å². The molecule has 2 amide bonds. The van der Waals surface area contributed by atoms with Crippen LogP contribution in [0.4, 0.5) is 4.79 Å². The average Bonchev–Trinajstić information content (AvgIpc) is 3.11. The molecule has 0 bridgehead atoms. The molecule has 7 heteroatoms. The Bertz CT molecular complexity index is 617. The van der Waals surface area contributed by atoms with Crippen molar-refractivity contribution in [2.45, 2.75) is 32.9 Å². The van der Waals surface area contributed by atoms with Gasteiger partial charge < -0.3 is 15.2 Å². The molecule has 1 aliphatic rings.